The van der Waals surface area contributed by atoms with Gasteiger partial charge in [-0.05, 0) is 32.0 Å². The maximum Gasteiger partial charge on any atom is 0.471 e. The number of amides is 1. The molecule has 1 aromatic heterocycles. The van der Waals surface area contributed by atoms with Gasteiger partial charge in [0.2, 0.25) is 0 Å². The van der Waals surface area contributed by atoms with Gasteiger partial charge in [0.1, 0.15) is 5.76 Å². The Hall–Kier alpha value is -2.49. The fourth-order valence-electron chi connectivity index (χ4n) is 3.78. The predicted molar refractivity (Wildman–Crippen MR) is 94.8 cm³/mol. The lowest BCUT2D eigenvalue weighted by Gasteiger charge is -2.43. The van der Waals surface area contributed by atoms with E-state index in [0.717, 1.165) is 36.9 Å². The summed E-state index contributed by atoms with van der Waals surface area (Å²) in [6, 6.07) is 1.31. The number of aliphatic carboxylic acids is 1. The highest BCUT2D eigenvalue weighted by Crippen LogP contribution is 2.29. The number of piperazine rings is 1. The van der Waals surface area contributed by atoms with Crippen LogP contribution in [0, 0.1) is 0 Å². The molecule has 10 heteroatoms. The van der Waals surface area contributed by atoms with Gasteiger partial charge in [0.05, 0.1) is 18.0 Å². The molecule has 0 radical (unpaired) electrons. The average molecular weight is 401 g/mol. The van der Waals surface area contributed by atoms with Crippen LogP contribution in [0.5, 0.6) is 0 Å². The summed E-state index contributed by atoms with van der Waals surface area (Å²) in [6.07, 6.45) is 0.855. The number of anilines is 1. The maximum atomic E-state index is 12.9. The van der Waals surface area contributed by atoms with Gasteiger partial charge in [-0.15, -0.1) is 0 Å². The molecule has 3 heterocycles. The minimum absolute atomic E-state index is 0.0535. The van der Waals surface area contributed by atoms with Crippen LogP contribution in [0.2, 0.25) is 0 Å². The van der Waals surface area contributed by atoms with Crippen LogP contribution in [0.1, 0.15) is 18.6 Å². The monoisotopic (exact) mass is 401 g/mol. The van der Waals surface area contributed by atoms with E-state index in [9.17, 15) is 22.8 Å². The number of carboxylic acid groups (broad SMARTS) is 1. The van der Waals surface area contributed by atoms with E-state index in [0.29, 0.717) is 18.0 Å². The van der Waals surface area contributed by atoms with E-state index < -0.39 is 18.1 Å². The first-order valence-electron chi connectivity index (χ1n) is 9.09. The number of nitrogens with zero attached hydrogens (tertiary/aromatic N) is 3. The largest absolute Gasteiger partial charge is 0.478 e. The number of halogens is 3. The van der Waals surface area contributed by atoms with E-state index >= 15 is 0 Å². The van der Waals surface area contributed by atoms with Gasteiger partial charge in [-0.1, -0.05) is 0 Å². The van der Waals surface area contributed by atoms with E-state index in [4.69, 9.17) is 9.52 Å². The number of carboxylic acids is 1. The maximum absolute atomic E-state index is 12.9. The highest BCUT2D eigenvalue weighted by Gasteiger charge is 2.45. The molecule has 3 rings (SSSR count). The van der Waals surface area contributed by atoms with Gasteiger partial charge in [0.15, 0.2) is 0 Å². The average Bonchev–Trinajstić information content (AvgIpc) is 3.30. The summed E-state index contributed by atoms with van der Waals surface area (Å²) in [7, 11) is 0. The predicted octanol–water partition coefficient (Wildman–Crippen LogP) is 2.05. The summed E-state index contributed by atoms with van der Waals surface area (Å²) < 4.78 is 44.0. The molecule has 2 saturated heterocycles. The zero-order valence-electron chi connectivity index (χ0n) is 15.2. The molecule has 0 aromatic carbocycles. The molecule has 1 atom stereocenters. The lowest BCUT2D eigenvalue weighted by Crippen LogP contribution is -2.60. The first kappa shape index (κ1) is 20.2. The zero-order valence-corrected chi connectivity index (χ0v) is 15.2. The molecule has 2 fully saturated rings. The molecule has 1 N–H and O–H groups in total. The number of likely N-dealkylation sites (tertiary alicyclic amines) is 1. The lowest BCUT2D eigenvalue weighted by molar-refractivity contribution is -0.186. The van der Waals surface area contributed by atoms with Crippen molar-refractivity contribution >= 4 is 23.6 Å². The highest BCUT2D eigenvalue weighted by molar-refractivity contribution is 5.86. The Bertz CT molecular complexity index is 741. The number of hydrogen-bond donors (Lipinski definition) is 1. The molecular formula is C18H22F3N3O4. The summed E-state index contributed by atoms with van der Waals surface area (Å²) in [4.78, 5) is 27.4. The van der Waals surface area contributed by atoms with E-state index in [1.807, 2.05) is 4.90 Å². The van der Waals surface area contributed by atoms with Crippen LogP contribution in [0.25, 0.3) is 6.08 Å². The van der Waals surface area contributed by atoms with Crippen LogP contribution in [-0.2, 0) is 9.59 Å². The number of carbonyl (C=O) groups is 2. The molecule has 2 aliphatic rings. The van der Waals surface area contributed by atoms with Crippen LogP contribution < -0.4 is 4.90 Å². The van der Waals surface area contributed by atoms with Crippen molar-refractivity contribution in [2.45, 2.75) is 25.1 Å². The van der Waals surface area contributed by atoms with Gasteiger partial charge in [0.25, 0.3) is 0 Å². The second kappa shape index (κ2) is 8.26. The third-order valence-corrected chi connectivity index (χ3v) is 5.04. The molecular weight excluding hydrogens is 379 g/mol. The molecule has 154 valence electrons. The summed E-state index contributed by atoms with van der Waals surface area (Å²) in [5.41, 5.74) is 0.612. The van der Waals surface area contributed by atoms with Crippen molar-refractivity contribution in [2.75, 3.05) is 44.2 Å². The van der Waals surface area contributed by atoms with Crippen molar-refractivity contribution in [2.24, 2.45) is 0 Å². The molecule has 7 nitrogen and oxygen atoms in total. The minimum Gasteiger partial charge on any atom is -0.478 e. The van der Waals surface area contributed by atoms with Crippen molar-refractivity contribution in [1.82, 2.24) is 9.80 Å². The Balaban J connectivity index is 1.82. The molecule has 0 bridgehead atoms. The third-order valence-electron chi connectivity index (χ3n) is 5.04. The van der Waals surface area contributed by atoms with Gasteiger partial charge < -0.3 is 24.2 Å². The summed E-state index contributed by atoms with van der Waals surface area (Å²) in [5.74, 6) is -2.63. The third kappa shape index (κ3) is 4.67. The van der Waals surface area contributed by atoms with Gasteiger partial charge in [0, 0.05) is 38.3 Å². The standard InChI is InChI=1S/C18H22F3N3O4/c19-18(20,21)17(27)23-8-9-24(13(12-23)11-22-6-1-2-7-22)14-5-10-28-15(14)3-4-16(25)26/h3-5,10,13H,1-2,6-9,11-12H2,(H,25,26)/b4-3+. The Kier molecular flexibility index (Phi) is 5.97. The first-order valence-corrected chi connectivity index (χ1v) is 9.09. The fraction of sp³-hybridized carbons (Fsp3) is 0.556. The van der Waals surface area contributed by atoms with Crippen molar-refractivity contribution in [3.8, 4) is 0 Å². The number of carbonyl (C=O) groups excluding carboxylic acids is 1. The topological polar surface area (TPSA) is 77.2 Å². The summed E-state index contributed by atoms with van der Waals surface area (Å²) in [6.45, 7) is 2.34. The Labute approximate surface area is 160 Å². The quantitative estimate of drug-likeness (QED) is 0.761. The second-order valence-electron chi connectivity index (χ2n) is 6.95. The Morgan fingerprint density at radius 3 is 2.57 bits per heavy atom. The molecule has 28 heavy (non-hydrogen) atoms. The molecule has 0 spiro atoms. The molecule has 1 aromatic rings. The van der Waals surface area contributed by atoms with Gasteiger partial charge in [-0.25, -0.2) is 4.79 Å². The van der Waals surface area contributed by atoms with Crippen LogP contribution in [0.3, 0.4) is 0 Å². The van der Waals surface area contributed by atoms with Gasteiger partial charge >= 0.3 is 18.1 Å². The normalized spacial score (nSPS) is 21.6. The van der Waals surface area contributed by atoms with E-state index in [-0.39, 0.29) is 25.7 Å². The van der Waals surface area contributed by atoms with Crippen LogP contribution in [0.4, 0.5) is 18.9 Å². The smallest absolute Gasteiger partial charge is 0.471 e. The van der Waals surface area contributed by atoms with Gasteiger partial charge in [-0.2, -0.15) is 13.2 Å². The number of alkyl halides is 3. The zero-order chi connectivity index (χ0) is 20.3. The number of hydrogen-bond acceptors (Lipinski definition) is 5. The Morgan fingerprint density at radius 2 is 1.93 bits per heavy atom. The summed E-state index contributed by atoms with van der Waals surface area (Å²) in [5, 5.41) is 8.83. The second-order valence-corrected chi connectivity index (χ2v) is 6.95. The van der Waals surface area contributed by atoms with Gasteiger partial charge in [-0.3, -0.25) is 4.79 Å². The molecule has 0 aliphatic carbocycles. The van der Waals surface area contributed by atoms with E-state index in [1.165, 1.54) is 12.3 Å². The van der Waals surface area contributed by atoms with Crippen molar-refractivity contribution in [3.05, 3.63) is 24.2 Å². The number of furan rings is 1. The van der Waals surface area contributed by atoms with Crippen molar-refractivity contribution < 1.29 is 32.3 Å². The molecule has 0 saturated carbocycles. The molecule has 1 amide bonds. The van der Waals surface area contributed by atoms with Crippen molar-refractivity contribution in [3.63, 3.8) is 0 Å². The van der Waals surface area contributed by atoms with E-state index in [2.05, 4.69) is 4.90 Å². The highest BCUT2D eigenvalue weighted by atomic mass is 19.4. The lowest BCUT2D eigenvalue weighted by atomic mass is 10.1. The fourth-order valence-corrected chi connectivity index (χ4v) is 3.78. The minimum atomic E-state index is -4.90. The summed E-state index contributed by atoms with van der Waals surface area (Å²) >= 11 is 0. The van der Waals surface area contributed by atoms with E-state index in [1.54, 1.807) is 6.07 Å². The van der Waals surface area contributed by atoms with Crippen LogP contribution in [-0.4, -0.2) is 78.3 Å². The van der Waals surface area contributed by atoms with Crippen LogP contribution in [0.15, 0.2) is 22.8 Å². The molecule has 1 unspecified atom stereocenters. The SMILES string of the molecule is O=C(O)/C=C/c1occc1N1CCN(C(=O)C(F)(F)F)CC1CN1CCCC1. The van der Waals surface area contributed by atoms with Crippen molar-refractivity contribution in [1.29, 1.82) is 0 Å². The van der Waals surface area contributed by atoms with Crippen LogP contribution >= 0.6 is 0 Å². The number of rotatable bonds is 5. The Morgan fingerprint density at radius 1 is 1.21 bits per heavy atom. The molecule has 2 aliphatic heterocycles. The first-order chi connectivity index (χ1) is 13.3.